The van der Waals surface area contributed by atoms with Crippen LogP contribution in [0.2, 0.25) is 0 Å². The number of ether oxygens (including phenoxy) is 1. The molecule has 0 unspecified atom stereocenters. The zero-order valence-corrected chi connectivity index (χ0v) is 10.4. The molecule has 1 aliphatic heterocycles. The van der Waals surface area contributed by atoms with E-state index in [-0.39, 0.29) is 12.7 Å². The number of carbonyl (C=O) groups is 1. The predicted molar refractivity (Wildman–Crippen MR) is 64.0 cm³/mol. The van der Waals surface area contributed by atoms with Crippen LogP contribution in [0.1, 0.15) is 17.7 Å². The van der Waals surface area contributed by atoms with Crippen molar-refractivity contribution in [1.82, 2.24) is 9.88 Å². The maximum atomic E-state index is 10.4. The topological polar surface area (TPSA) is 62.7 Å². The molecule has 94 valence electrons. The van der Waals surface area contributed by atoms with Crippen LogP contribution >= 0.6 is 11.3 Å². The van der Waals surface area contributed by atoms with Crippen molar-refractivity contribution >= 4 is 17.3 Å². The van der Waals surface area contributed by atoms with Crippen LogP contribution in [0.5, 0.6) is 0 Å². The standard InChI is InChI=1S/C11H16N2O3S/c14-11(15)7-16-9-1-3-13(4-2-9)6-10-5-12-8-17-10/h5,8-9H,1-4,6-7H2,(H,14,15). The Kier molecular flexibility index (Phi) is 4.47. The predicted octanol–water partition coefficient (Wildman–Crippen LogP) is 1.21. The highest BCUT2D eigenvalue weighted by atomic mass is 32.1. The van der Waals surface area contributed by atoms with E-state index in [2.05, 4.69) is 9.88 Å². The smallest absolute Gasteiger partial charge is 0.329 e. The summed E-state index contributed by atoms with van der Waals surface area (Å²) in [6.07, 6.45) is 3.82. The summed E-state index contributed by atoms with van der Waals surface area (Å²) in [5, 5.41) is 8.53. The van der Waals surface area contributed by atoms with Gasteiger partial charge in [0.1, 0.15) is 6.61 Å². The molecular formula is C11H16N2O3S. The molecule has 1 aromatic heterocycles. The lowest BCUT2D eigenvalue weighted by Gasteiger charge is -2.31. The quantitative estimate of drug-likeness (QED) is 0.858. The lowest BCUT2D eigenvalue weighted by Crippen LogP contribution is -2.37. The minimum Gasteiger partial charge on any atom is -0.480 e. The van der Waals surface area contributed by atoms with E-state index in [1.165, 1.54) is 4.88 Å². The first-order chi connectivity index (χ1) is 8.24. The van der Waals surface area contributed by atoms with Gasteiger partial charge >= 0.3 is 5.97 Å². The minimum absolute atomic E-state index is 0.101. The van der Waals surface area contributed by atoms with Crippen LogP contribution in [0.15, 0.2) is 11.7 Å². The van der Waals surface area contributed by atoms with Crippen molar-refractivity contribution in [2.75, 3.05) is 19.7 Å². The largest absolute Gasteiger partial charge is 0.480 e. The van der Waals surface area contributed by atoms with E-state index in [9.17, 15) is 4.79 Å². The third-order valence-electron chi connectivity index (χ3n) is 2.84. The van der Waals surface area contributed by atoms with Crippen molar-refractivity contribution in [3.63, 3.8) is 0 Å². The first-order valence-corrected chi connectivity index (χ1v) is 6.55. The Hall–Kier alpha value is -0.980. The molecule has 0 saturated carbocycles. The van der Waals surface area contributed by atoms with Gasteiger partial charge in [0.05, 0.1) is 11.6 Å². The second-order valence-corrected chi connectivity index (χ2v) is 5.12. The average molecular weight is 256 g/mol. The molecule has 2 rings (SSSR count). The summed E-state index contributed by atoms with van der Waals surface area (Å²) in [7, 11) is 0. The molecule has 0 atom stereocenters. The highest BCUT2D eigenvalue weighted by Gasteiger charge is 2.20. The van der Waals surface area contributed by atoms with Gasteiger partial charge < -0.3 is 9.84 Å². The molecule has 17 heavy (non-hydrogen) atoms. The zero-order valence-electron chi connectivity index (χ0n) is 9.54. The van der Waals surface area contributed by atoms with Gasteiger partial charge in [0.25, 0.3) is 0 Å². The molecule has 5 nitrogen and oxygen atoms in total. The van der Waals surface area contributed by atoms with Crippen LogP contribution in [-0.4, -0.2) is 46.8 Å². The van der Waals surface area contributed by atoms with Crippen molar-refractivity contribution in [3.8, 4) is 0 Å². The second kappa shape index (κ2) is 6.09. The molecule has 1 fully saturated rings. The monoisotopic (exact) mass is 256 g/mol. The van der Waals surface area contributed by atoms with Crippen molar-refractivity contribution in [1.29, 1.82) is 0 Å². The normalized spacial score (nSPS) is 18.4. The van der Waals surface area contributed by atoms with Crippen LogP contribution in [-0.2, 0) is 16.1 Å². The Morgan fingerprint density at radius 2 is 2.35 bits per heavy atom. The molecule has 1 N–H and O–H groups in total. The zero-order chi connectivity index (χ0) is 12.1. The van der Waals surface area contributed by atoms with Crippen LogP contribution in [0.3, 0.4) is 0 Å². The molecule has 0 aromatic carbocycles. The van der Waals surface area contributed by atoms with Gasteiger partial charge in [-0.2, -0.15) is 0 Å². The summed E-state index contributed by atoms with van der Waals surface area (Å²) in [5.41, 5.74) is 1.85. The van der Waals surface area contributed by atoms with E-state index in [0.29, 0.717) is 0 Å². The number of carboxylic acid groups (broad SMARTS) is 1. The summed E-state index contributed by atoms with van der Waals surface area (Å²) in [6, 6.07) is 0. The van der Waals surface area contributed by atoms with Crippen molar-refractivity contribution < 1.29 is 14.6 Å². The van der Waals surface area contributed by atoms with Crippen molar-refractivity contribution in [2.24, 2.45) is 0 Å². The van der Waals surface area contributed by atoms with Crippen molar-refractivity contribution in [2.45, 2.75) is 25.5 Å². The van der Waals surface area contributed by atoms with Gasteiger partial charge in [0.2, 0.25) is 0 Å². The van der Waals surface area contributed by atoms with Gasteiger partial charge in [-0.25, -0.2) is 4.79 Å². The number of thiazole rings is 1. The summed E-state index contributed by atoms with van der Waals surface area (Å²) in [4.78, 5) is 18.1. The fourth-order valence-electron chi connectivity index (χ4n) is 1.96. The van der Waals surface area contributed by atoms with Gasteiger partial charge in [-0.05, 0) is 12.8 Å². The van der Waals surface area contributed by atoms with E-state index < -0.39 is 5.97 Å². The Labute approximate surface area is 104 Å². The minimum atomic E-state index is -0.892. The number of rotatable bonds is 5. The molecule has 1 aromatic rings. The summed E-state index contributed by atoms with van der Waals surface area (Å²) in [6.45, 7) is 2.68. The molecule has 1 aliphatic rings. The van der Waals surface area contributed by atoms with E-state index >= 15 is 0 Å². The number of likely N-dealkylation sites (tertiary alicyclic amines) is 1. The van der Waals surface area contributed by atoms with E-state index in [1.807, 2.05) is 11.7 Å². The third kappa shape index (κ3) is 4.07. The fraction of sp³-hybridized carbons (Fsp3) is 0.636. The maximum Gasteiger partial charge on any atom is 0.329 e. The number of hydrogen-bond donors (Lipinski definition) is 1. The van der Waals surface area contributed by atoms with Gasteiger partial charge in [0, 0.05) is 30.7 Å². The van der Waals surface area contributed by atoms with Crippen LogP contribution < -0.4 is 0 Å². The molecule has 0 spiro atoms. The molecule has 0 radical (unpaired) electrons. The highest BCUT2D eigenvalue weighted by Crippen LogP contribution is 2.17. The van der Waals surface area contributed by atoms with E-state index in [1.54, 1.807) is 11.3 Å². The van der Waals surface area contributed by atoms with Crippen LogP contribution in [0.25, 0.3) is 0 Å². The summed E-state index contributed by atoms with van der Waals surface area (Å²) >= 11 is 1.67. The SMILES string of the molecule is O=C(O)COC1CCN(Cc2cncs2)CC1. The average Bonchev–Trinajstić information content (AvgIpc) is 2.81. The lowest BCUT2D eigenvalue weighted by atomic mass is 10.1. The Morgan fingerprint density at radius 3 is 2.94 bits per heavy atom. The number of aromatic nitrogens is 1. The van der Waals surface area contributed by atoms with E-state index in [0.717, 1.165) is 32.5 Å². The first kappa shape index (κ1) is 12.5. The number of carboxylic acids is 1. The third-order valence-corrected chi connectivity index (χ3v) is 3.60. The Morgan fingerprint density at radius 1 is 1.59 bits per heavy atom. The fourth-order valence-corrected chi connectivity index (χ4v) is 2.60. The van der Waals surface area contributed by atoms with Gasteiger partial charge in [-0.3, -0.25) is 9.88 Å². The second-order valence-electron chi connectivity index (χ2n) is 4.15. The van der Waals surface area contributed by atoms with Gasteiger partial charge in [0.15, 0.2) is 0 Å². The molecule has 6 heteroatoms. The van der Waals surface area contributed by atoms with E-state index in [4.69, 9.17) is 9.84 Å². The summed E-state index contributed by atoms with van der Waals surface area (Å²) in [5.74, 6) is -0.892. The van der Waals surface area contributed by atoms with Crippen LogP contribution in [0.4, 0.5) is 0 Å². The maximum absolute atomic E-state index is 10.4. The van der Waals surface area contributed by atoms with Gasteiger partial charge in [-0.1, -0.05) is 0 Å². The molecule has 0 aliphatic carbocycles. The highest BCUT2D eigenvalue weighted by molar-refractivity contribution is 7.09. The van der Waals surface area contributed by atoms with Crippen molar-refractivity contribution in [3.05, 3.63) is 16.6 Å². The molecule has 1 saturated heterocycles. The number of hydrogen-bond acceptors (Lipinski definition) is 5. The first-order valence-electron chi connectivity index (χ1n) is 5.67. The molecule has 0 bridgehead atoms. The number of aliphatic carboxylic acids is 1. The molecule has 0 amide bonds. The Balaban J connectivity index is 1.69. The molecular weight excluding hydrogens is 240 g/mol. The number of nitrogens with zero attached hydrogens (tertiary/aromatic N) is 2. The van der Waals surface area contributed by atoms with Crippen LogP contribution in [0, 0.1) is 0 Å². The summed E-state index contributed by atoms with van der Waals surface area (Å²) < 4.78 is 5.29. The molecule has 2 heterocycles. The number of piperidine rings is 1. The lowest BCUT2D eigenvalue weighted by molar-refractivity contribution is -0.145. The Bertz CT molecular complexity index is 348. The van der Waals surface area contributed by atoms with Gasteiger partial charge in [-0.15, -0.1) is 11.3 Å².